The van der Waals surface area contributed by atoms with Crippen molar-refractivity contribution in [3.8, 4) is 0 Å². The third kappa shape index (κ3) is 4.30. The molecule has 9 atom stereocenters. The molecule has 0 heterocycles. The summed E-state index contributed by atoms with van der Waals surface area (Å²) in [6, 6.07) is 0. The Morgan fingerprint density at radius 2 is 1.68 bits per heavy atom. The first-order chi connectivity index (χ1) is 17.5. The van der Waals surface area contributed by atoms with Gasteiger partial charge < -0.3 is 14.9 Å². The van der Waals surface area contributed by atoms with Crippen molar-refractivity contribution < 1.29 is 24.5 Å². The average Bonchev–Trinajstić information content (AvgIpc) is 3.01. The molecule has 5 nitrogen and oxygen atoms in total. The Balaban J connectivity index is 1.69. The molecule has 0 aromatic carbocycles. The molecule has 0 bridgehead atoms. The van der Waals surface area contributed by atoms with Gasteiger partial charge in [-0.25, -0.2) is 0 Å². The predicted octanol–water partition coefficient (Wildman–Crippen LogP) is 7.33. The molecule has 2 fully saturated rings. The highest BCUT2D eigenvalue weighted by Crippen LogP contribution is 2.72. The van der Waals surface area contributed by atoms with Crippen molar-refractivity contribution >= 4 is 11.9 Å². The zero-order valence-electron chi connectivity index (χ0n) is 25.2. The SMILES string of the molecule is C=C(C)C(C)CCC(C(=O)O)C1[C@H](O)C[C@@]2(C)C3=C(CCC12C)C1(C)CC[C@@H](OC(C)=O)C(C)(C)[C@@H]1CC3. The molecule has 0 aliphatic heterocycles. The van der Waals surface area contributed by atoms with Crippen LogP contribution in [0.15, 0.2) is 23.3 Å². The molecule has 38 heavy (non-hydrogen) atoms. The molecule has 214 valence electrons. The average molecular weight is 529 g/mol. The van der Waals surface area contributed by atoms with Gasteiger partial charge in [0.25, 0.3) is 0 Å². The number of aliphatic carboxylic acids is 1. The molecule has 2 saturated carbocycles. The summed E-state index contributed by atoms with van der Waals surface area (Å²) in [6.07, 6.45) is 7.15. The van der Waals surface area contributed by atoms with Crippen LogP contribution in [0, 0.1) is 45.3 Å². The van der Waals surface area contributed by atoms with E-state index < -0.39 is 18.0 Å². The second-order valence-electron chi connectivity index (χ2n) is 14.7. The van der Waals surface area contributed by atoms with Crippen molar-refractivity contribution in [1.82, 2.24) is 0 Å². The Labute approximate surface area is 230 Å². The number of carbonyl (C=O) groups is 2. The summed E-state index contributed by atoms with van der Waals surface area (Å²) in [5, 5.41) is 22.0. The van der Waals surface area contributed by atoms with Crippen molar-refractivity contribution in [1.29, 1.82) is 0 Å². The highest BCUT2D eigenvalue weighted by molar-refractivity contribution is 5.71. The lowest BCUT2D eigenvalue weighted by molar-refractivity contribution is -0.167. The Morgan fingerprint density at radius 3 is 2.26 bits per heavy atom. The number of allylic oxidation sites excluding steroid dienone is 3. The second-order valence-corrected chi connectivity index (χ2v) is 14.7. The Hall–Kier alpha value is -1.62. The van der Waals surface area contributed by atoms with E-state index in [1.165, 1.54) is 12.5 Å². The van der Waals surface area contributed by atoms with E-state index in [0.29, 0.717) is 18.8 Å². The van der Waals surface area contributed by atoms with Gasteiger partial charge in [-0.15, -0.1) is 0 Å². The maximum atomic E-state index is 12.7. The number of rotatable bonds is 7. The fourth-order valence-corrected chi connectivity index (χ4v) is 10.0. The van der Waals surface area contributed by atoms with Crippen molar-refractivity contribution in [2.24, 2.45) is 45.3 Å². The molecule has 5 heteroatoms. The number of carbonyl (C=O) groups excluding carboxylic acids is 1. The fourth-order valence-electron chi connectivity index (χ4n) is 10.0. The molecule has 5 unspecified atom stereocenters. The zero-order chi connectivity index (χ0) is 28.4. The minimum atomic E-state index is -0.769. The highest BCUT2D eigenvalue weighted by Gasteiger charge is 2.66. The molecular weight excluding hydrogens is 476 g/mol. The first-order valence-electron chi connectivity index (χ1n) is 15.0. The quantitative estimate of drug-likeness (QED) is 0.267. The number of ether oxygens (including phenoxy) is 1. The van der Waals surface area contributed by atoms with Crippen LogP contribution in [0.3, 0.4) is 0 Å². The molecule has 0 aromatic rings. The maximum Gasteiger partial charge on any atom is 0.306 e. The number of fused-ring (bicyclic) bond motifs is 4. The van der Waals surface area contributed by atoms with Gasteiger partial charge in [-0.2, -0.15) is 0 Å². The van der Waals surface area contributed by atoms with Crippen LogP contribution in [0.5, 0.6) is 0 Å². The van der Waals surface area contributed by atoms with Crippen LogP contribution in [0.1, 0.15) is 113 Å². The van der Waals surface area contributed by atoms with Gasteiger partial charge in [-0.3, -0.25) is 9.59 Å². The summed E-state index contributed by atoms with van der Waals surface area (Å²) in [6.45, 7) is 21.3. The van der Waals surface area contributed by atoms with Crippen LogP contribution >= 0.6 is 0 Å². The standard InChI is InChI=1S/C33H52O5/c1-19(2)20(3)10-11-22(29(36)37)28-25(35)18-33(9)24-12-13-26-30(5,6)27(38-21(4)34)15-16-31(26,7)23(24)14-17-32(28,33)8/h20,22,25-28,35H,1,10-18H2,2-9H3,(H,36,37)/t20?,22?,25-,26+,27-,28?,31?,32?,33+/m1/s1. The highest BCUT2D eigenvalue weighted by atomic mass is 16.5. The normalized spacial score (nSPS) is 41.4. The van der Waals surface area contributed by atoms with Gasteiger partial charge in [0.15, 0.2) is 0 Å². The van der Waals surface area contributed by atoms with Crippen molar-refractivity contribution in [3.63, 3.8) is 0 Å². The fraction of sp³-hybridized carbons (Fsp3) is 0.818. The Kier molecular flexibility index (Phi) is 7.56. The first-order valence-corrected chi connectivity index (χ1v) is 15.0. The predicted molar refractivity (Wildman–Crippen MR) is 150 cm³/mol. The molecule has 4 rings (SSSR count). The van der Waals surface area contributed by atoms with Crippen LogP contribution in [-0.2, 0) is 14.3 Å². The summed E-state index contributed by atoms with van der Waals surface area (Å²) in [5.41, 5.74) is 3.64. The lowest BCUT2D eigenvalue weighted by Crippen LogP contribution is -2.56. The van der Waals surface area contributed by atoms with Crippen LogP contribution in [0.2, 0.25) is 0 Å². The third-order valence-corrected chi connectivity index (χ3v) is 12.6. The van der Waals surface area contributed by atoms with Gasteiger partial charge >= 0.3 is 11.9 Å². The van der Waals surface area contributed by atoms with E-state index in [9.17, 15) is 19.8 Å². The number of hydrogen-bond acceptors (Lipinski definition) is 4. The largest absolute Gasteiger partial charge is 0.481 e. The summed E-state index contributed by atoms with van der Waals surface area (Å²) in [4.78, 5) is 24.5. The van der Waals surface area contributed by atoms with Crippen LogP contribution in [-0.4, -0.2) is 34.4 Å². The Bertz CT molecular complexity index is 1020. The van der Waals surface area contributed by atoms with Crippen LogP contribution in [0.25, 0.3) is 0 Å². The monoisotopic (exact) mass is 528 g/mol. The van der Waals surface area contributed by atoms with E-state index in [4.69, 9.17) is 4.74 Å². The molecule has 2 N–H and O–H groups in total. The molecule has 4 aliphatic rings. The number of hydrogen-bond donors (Lipinski definition) is 2. The van der Waals surface area contributed by atoms with E-state index in [1.54, 1.807) is 5.57 Å². The number of aliphatic hydroxyl groups is 1. The lowest BCUT2D eigenvalue weighted by Gasteiger charge is -2.62. The van der Waals surface area contributed by atoms with Gasteiger partial charge in [0, 0.05) is 18.3 Å². The molecule has 0 aromatic heterocycles. The number of carboxylic acids is 1. The van der Waals surface area contributed by atoms with Crippen LogP contribution in [0.4, 0.5) is 0 Å². The van der Waals surface area contributed by atoms with Crippen molar-refractivity contribution in [2.45, 2.75) is 125 Å². The number of aliphatic hydroxyl groups excluding tert-OH is 1. The summed E-state index contributed by atoms with van der Waals surface area (Å²) < 4.78 is 5.82. The molecule has 4 aliphatic carbocycles. The van der Waals surface area contributed by atoms with E-state index in [2.05, 4.69) is 48.1 Å². The van der Waals surface area contributed by atoms with Crippen LogP contribution < -0.4 is 0 Å². The molecule has 0 amide bonds. The minimum absolute atomic E-state index is 0.0459. The van der Waals surface area contributed by atoms with E-state index in [-0.39, 0.29) is 45.6 Å². The topological polar surface area (TPSA) is 83.8 Å². The molecule has 0 spiro atoms. The smallest absolute Gasteiger partial charge is 0.306 e. The molecule has 0 radical (unpaired) electrons. The first kappa shape index (κ1) is 29.4. The summed E-state index contributed by atoms with van der Waals surface area (Å²) >= 11 is 0. The minimum Gasteiger partial charge on any atom is -0.481 e. The number of esters is 1. The molecular formula is C33H52O5. The Morgan fingerprint density at radius 1 is 1.03 bits per heavy atom. The van der Waals surface area contributed by atoms with E-state index in [1.807, 2.05) is 6.92 Å². The van der Waals surface area contributed by atoms with Gasteiger partial charge in [0.2, 0.25) is 0 Å². The van der Waals surface area contributed by atoms with Gasteiger partial charge in [-0.1, -0.05) is 64.8 Å². The second kappa shape index (κ2) is 9.78. The zero-order valence-corrected chi connectivity index (χ0v) is 25.2. The maximum absolute atomic E-state index is 12.7. The number of carboxylic acid groups (broad SMARTS) is 1. The van der Waals surface area contributed by atoms with Crippen molar-refractivity contribution in [3.05, 3.63) is 23.3 Å². The van der Waals surface area contributed by atoms with Crippen molar-refractivity contribution in [2.75, 3.05) is 0 Å². The summed E-state index contributed by atoms with van der Waals surface area (Å²) in [5.74, 6) is -1.06. The van der Waals surface area contributed by atoms with Gasteiger partial charge in [0.1, 0.15) is 6.10 Å². The lowest BCUT2D eigenvalue weighted by atomic mass is 9.43. The summed E-state index contributed by atoms with van der Waals surface area (Å²) in [7, 11) is 0. The van der Waals surface area contributed by atoms with E-state index in [0.717, 1.165) is 50.5 Å². The van der Waals surface area contributed by atoms with Gasteiger partial charge in [-0.05, 0) is 92.8 Å². The van der Waals surface area contributed by atoms with E-state index >= 15 is 0 Å². The molecule has 0 saturated heterocycles. The third-order valence-electron chi connectivity index (χ3n) is 12.6. The van der Waals surface area contributed by atoms with Gasteiger partial charge in [0.05, 0.1) is 12.0 Å².